The zero-order valence-corrected chi connectivity index (χ0v) is 19.0. The van der Waals surface area contributed by atoms with E-state index in [1.807, 2.05) is 12.1 Å². The van der Waals surface area contributed by atoms with Crippen molar-refractivity contribution < 1.29 is 4.79 Å². The van der Waals surface area contributed by atoms with Crippen LogP contribution in [0.3, 0.4) is 0 Å². The Balaban J connectivity index is 0.00000171. The molecule has 1 atom stereocenters. The zero-order valence-electron chi connectivity index (χ0n) is 17.4. The maximum Gasteiger partial charge on any atom is 0.220 e. The lowest BCUT2D eigenvalue weighted by Crippen LogP contribution is -2.23. The number of carbonyl (C=O) groups excluding carboxylic acids is 1. The van der Waals surface area contributed by atoms with Gasteiger partial charge in [-0.15, -0.1) is 24.8 Å². The predicted octanol–water partition coefficient (Wildman–Crippen LogP) is 3.84. The first-order valence-electron chi connectivity index (χ1n) is 10.2. The van der Waals surface area contributed by atoms with Crippen LogP contribution in [0.15, 0.2) is 61.2 Å². The molecule has 1 aliphatic rings. The highest BCUT2D eigenvalue weighted by Gasteiger charge is 2.15. The number of nitrogens with one attached hydrogen (secondary N) is 2. The second-order valence-corrected chi connectivity index (χ2v) is 7.62. The van der Waals surface area contributed by atoms with E-state index in [1.165, 1.54) is 12.0 Å². The van der Waals surface area contributed by atoms with Gasteiger partial charge in [0.05, 0.1) is 6.54 Å². The fraction of sp³-hybridized carbons (Fsp3) is 0.348. The van der Waals surface area contributed by atoms with Crippen LogP contribution in [0.5, 0.6) is 0 Å². The molecule has 2 heterocycles. The highest BCUT2D eigenvalue weighted by molar-refractivity contribution is 5.85. The lowest BCUT2D eigenvalue weighted by atomic mass is 9.98. The standard InChI is InChI=1S/C23H27N5O.2ClH/c29-23(10-7-18-11-12-24-13-18)26-14-21-3-1-2-4-22(21)20-8-5-19(6-9-20)15-28-17-25-16-27-28;;/h1-6,8-9,16-18,24H,7,10-15H2,(H,26,29);2*1H. The summed E-state index contributed by atoms with van der Waals surface area (Å²) in [5.74, 6) is 0.777. The number of carbonyl (C=O) groups is 1. The van der Waals surface area contributed by atoms with Crippen LogP contribution in [-0.4, -0.2) is 33.8 Å². The Bertz CT molecular complexity index is 925. The summed E-state index contributed by atoms with van der Waals surface area (Å²) in [7, 11) is 0. The van der Waals surface area contributed by atoms with E-state index in [9.17, 15) is 4.79 Å². The van der Waals surface area contributed by atoms with E-state index in [1.54, 1.807) is 17.3 Å². The predicted molar refractivity (Wildman–Crippen MR) is 128 cm³/mol. The largest absolute Gasteiger partial charge is 0.352 e. The molecule has 0 radical (unpaired) electrons. The van der Waals surface area contributed by atoms with Crippen molar-refractivity contribution in [1.29, 1.82) is 0 Å². The second kappa shape index (κ2) is 12.4. The zero-order chi connectivity index (χ0) is 19.9. The Morgan fingerprint density at radius 1 is 1.13 bits per heavy atom. The maximum atomic E-state index is 12.3. The van der Waals surface area contributed by atoms with E-state index in [0.29, 0.717) is 25.4 Å². The molecule has 2 N–H and O–H groups in total. The van der Waals surface area contributed by atoms with Crippen LogP contribution < -0.4 is 10.6 Å². The molecule has 1 saturated heterocycles. The number of amides is 1. The lowest BCUT2D eigenvalue weighted by Gasteiger charge is -2.12. The summed E-state index contributed by atoms with van der Waals surface area (Å²) in [6, 6.07) is 16.7. The van der Waals surface area contributed by atoms with Crippen LogP contribution in [0.2, 0.25) is 0 Å². The number of rotatable bonds is 8. The van der Waals surface area contributed by atoms with E-state index in [4.69, 9.17) is 0 Å². The molecule has 1 aliphatic heterocycles. The minimum atomic E-state index is 0. The van der Waals surface area contributed by atoms with E-state index < -0.39 is 0 Å². The minimum absolute atomic E-state index is 0. The molecule has 2 aromatic carbocycles. The van der Waals surface area contributed by atoms with Crippen molar-refractivity contribution >= 4 is 30.7 Å². The highest BCUT2D eigenvalue weighted by Crippen LogP contribution is 2.24. The summed E-state index contributed by atoms with van der Waals surface area (Å²) in [5, 5.41) is 10.6. The van der Waals surface area contributed by atoms with Crippen molar-refractivity contribution in [3.63, 3.8) is 0 Å². The summed E-state index contributed by atoms with van der Waals surface area (Å²) in [4.78, 5) is 16.3. The monoisotopic (exact) mass is 461 g/mol. The molecule has 8 heteroatoms. The molecular formula is C23H29Cl2N5O. The van der Waals surface area contributed by atoms with Gasteiger partial charge in [0.25, 0.3) is 0 Å². The van der Waals surface area contributed by atoms with Crippen LogP contribution in [0.4, 0.5) is 0 Å². The molecule has 0 saturated carbocycles. The van der Waals surface area contributed by atoms with E-state index >= 15 is 0 Å². The molecule has 1 fully saturated rings. The quantitative estimate of drug-likeness (QED) is 0.534. The van der Waals surface area contributed by atoms with Crippen molar-refractivity contribution in [2.24, 2.45) is 5.92 Å². The molecular weight excluding hydrogens is 433 g/mol. The minimum Gasteiger partial charge on any atom is -0.352 e. The Hall–Kier alpha value is -2.41. The van der Waals surface area contributed by atoms with Gasteiger partial charge in [-0.1, -0.05) is 48.5 Å². The summed E-state index contributed by atoms with van der Waals surface area (Å²) < 4.78 is 1.81. The van der Waals surface area contributed by atoms with Gasteiger partial charge in [-0.3, -0.25) is 4.79 Å². The molecule has 0 bridgehead atoms. The molecule has 0 spiro atoms. The van der Waals surface area contributed by atoms with Gasteiger partial charge in [-0.05, 0) is 54.1 Å². The molecule has 3 aromatic rings. The average molecular weight is 462 g/mol. The van der Waals surface area contributed by atoms with Gasteiger partial charge in [0.1, 0.15) is 12.7 Å². The molecule has 166 valence electrons. The third kappa shape index (κ3) is 7.06. The van der Waals surface area contributed by atoms with Gasteiger partial charge in [-0.25, -0.2) is 9.67 Å². The van der Waals surface area contributed by atoms with Crippen molar-refractivity contribution in [1.82, 2.24) is 25.4 Å². The maximum absolute atomic E-state index is 12.3. The number of hydrogen-bond donors (Lipinski definition) is 2. The molecule has 6 nitrogen and oxygen atoms in total. The lowest BCUT2D eigenvalue weighted by molar-refractivity contribution is -0.121. The van der Waals surface area contributed by atoms with Crippen LogP contribution in [0.25, 0.3) is 11.1 Å². The fourth-order valence-corrected chi connectivity index (χ4v) is 3.83. The first-order chi connectivity index (χ1) is 14.3. The number of halogens is 2. The summed E-state index contributed by atoms with van der Waals surface area (Å²) >= 11 is 0. The van der Waals surface area contributed by atoms with Gasteiger partial charge >= 0.3 is 0 Å². The molecule has 1 aromatic heterocycles. The van der Waals surface area contributed by atoms with Crippen molar-refractivity contribution in [2.75, 3.05) is 13.1 Å². The van der Waals surface area contributed by atoms with Gasteiger partial charge in [0, 0.05) is 13.0 Å². The molecule has 1 unspecified atom stereocenters. The fourth-order valence-electron chi connectivity index (χ4n) is 3.83. The number of hydrogen-bond acceptors (Lipinski definition) is 4. The highest BCUT2D eigenvalue weighted by atomic mass is 35.5. The third-order valence-electron chi connectivity index (χ3n) is 5.51. The van der Waals surface area contributed by atoms with Gasteiger partial charge in [-0.2, -0.15) is 5.10 Å². The Kier molecular flexibility index (Phi) is 9.98. The van der Waals surface area contributed by atoms with Crippen LogP contribution in [0.1, 0.15) is 30.4 Å². The van der Waals surface area contributed by atoms with Gasteiger partial charge < -0.3 is 10.6 Å². The Morgan fingerprint density at radius 2 is 1.94 bits per heavy atom. The second-order valence-electron chi connectivity index (χ2n) is 7.62. The summed E-state index contributed by atoms with van der Waals surface area (Å²) in [5.41, 5.74) is 4.60. The topological polar surface area (TPSA) is 71.8 Å². The van der Waals surface area contributed by atoms with Crippen molar-refractivity contribution in [2.45, 2.75) is 32.4 Å². The van der Waals surface area contributed by atoms with Crippen molar-refractivity contribution in [3.8, 4) is 11.1 Å². The van der Waals surface area contributed by atoms with Gasteiger partial charge in [0.15, 0.2) is 0 Å². The average Bonchev–Trinajstić information content (AvgIpc) is 3.46. The first-order valence-corrected chi connectivity index (χ1v) is 10.2. The summed E-state index contributed by atoms with van der Waals surface area (Å²) in [6.45, 7) is 3.38. The normalized spacial score (nSPS) is 15.0. The molecule has 1 amide bonds. The molecule has 4 rings (SSSR count). The van der Waals surface area contributed by atoms with Crippen molar-refractivity contribution in [3.05, 3.63) is 72.3 Å². The Morgan fingerprint density at radius 3 is 2.65 bits per heavy atom. The Labute approximate surface area is 195 Å². The van der Waals surface area contributed by atoms with E-state index in [2.05, 4.69) is 57.1 Å². The number of nitrogens with zero attached hydrogens (tertiary/aromatic N) is 3. The molecule has 31 heavy (non-hydrogen) atoms. The van der Waals surface area contributed by atoms with Crippen LogP contribution in [-0.2, 0) is 17.9 Å². The summed E-state index contributed by atoms with van der Waals surface area (Å²) in [6.07, 6.45) is 6.01. The van der Waals surface area contributed by atoms with Crippen LogP contribution >= 0.6 is 24.8 Å². The van der Waals surface area contributed by atoms with Crippen LogP contribution in [0, 0.1) is 5.92 Å². The van der Waals surface area contributed by atoms with E-state index in [-0.39, 0.29) is 30.7 Å². The number of aromatic nitrogens is 3. The van der Waals surface area contributed by atoms with E-state index in [0.717, 1.165) is 36.2 Å². The smallest absolute Gasteiger partial charge is 0.220 e. The number of benzene rings is 2. The van der Waals surface area contributed by atoms with Gasteiger partial charge in [0.2, 0.25) is 5.91 Å². The molecule has 0 aliphatic carbocycles. The first kappa shape index (κ1) is 24.9. The third-order valence-corrected chi connectivity index (χ3v) is 5.51. The SMILES string of the molecule is Cl.Cl.O=C(CCC1CCNC1)NCc1ccccc1-c1ccc(Cn2cncn2)cc1.